The molecule has 2 aromatic carbocycles. The van der Waals surface area contributed by atoms with E-state index < -0.39 is 15.8 Å². The van der Waals surface area contributed by atoms with Crippen LogP contribution in [0, 0.1) is 5.82 Å². The van der Waals surface area contributed by atoms with Crippen LogP contribution in [0.5, 0.6) is 0 Å². The second-order valence-electron chi connectivity index (χ2n) is 4.34. The monoisotopic (exact) mass is 324 g/mol. The van der Waals surface area contributed by atoms with Gasteiger partial charge in [-0.2, -0.15) is 0 Å². The van der Waals surface area contributed by atoms with Gasteiger partial charge in [0.25, 0.3) is 10.0 Å². The molecule has 4 nitrogen and oxygen atoms in total. The van der Waals surface area contributed by atoms with Crippen LogP contribution in [-0.2, 0) is 10.0 Å². The molecule has 0 aliphatic carbocycles. The normalized spacial score (nSPS) is 11.1. The summed E-state index contributed by atoms with van der Waals surface area (Å²) < 4.78 is 39.3. The molecule has 21 heavy (non-hydrogen) atoms. The fourth-order valence-corrected chi connectivity index (χ4v) is 3.14. The summed E-state index contributed by atoms with van der Waals surface area (Å²) >= 11 is 4.84. The zero-order valence-corrected chi connectivity index (χ0v) is 12.8. The average molecular weight is 324 g/mol. The smallest absolute Gasteiger partial charge is 0.264 e. The van der Waals surface area contributed by atoms with Crippen molar-refractivity contribution in [1.82, 2.24) is 0 Å². The number of nitrogens with zero attached hydrogens (tertiary/aromatic N) is 1. The molecule has 2 N–H and O–H groups in total. The van der Waals surface area contributed by atoms with Crippen LogP contribution >= 0.6 is 12.2 Å². The summed E-state index contributed by atoms with van der Waals surface area (Å²) in [4.78, 5) is 0.153. The lowest BCUT2D eigenvalue weighted by Crippen LogP contribution is -2.27. The molecule has 0 aliphatic heterocycles. The molecule has 7 heteroatoms. The highest BCUT2D eigenvalue weighted by Gasteiger charge is 2.22. The third kappa shape index (κ3) is 3.20. The van der Waals surface area contributed by atoms with Gasteiger partial charge in [-0.15, -0.1) is 0 Å². The molecular weight excluding hydrogens is 311 g/mol. The third-order valence-electron chi connectivity index (χ3n) is 2.95. The molecule has 0 amide bonds. The highest BCUT2D eigenvalue weighted by Crippen LogP contribution is 2.23. The van der Waals surface area contributed by atoms with E-state index in [1.165, 1.54) is 37.4 Å². The summed E-state index contributed by atoms with van der Waals surface area (Å²) in [6.45, 7) is 0. The molecule has 0 saturated carbocycles. The van der Waals surface area contributed by atoms with Crippen LogP contribution in [0.15, 0.2) is 53.4 Å². The lowest BCUT2D eigenvalue weighted by atomic mass is 10.2. The number of halogens is 1. The molecule has 0 saturated heterocycles. The van der Waals surface area contributed by atoms with E-state index in [2.05, 4.69) is 0 Å². The fraction of sp³-hybridized carbons (Fsp3) is 0.0714. The van der Waals surface area contributed by atoms with Gasteiger partial charge in [0, 0.05) is 12.6 Å². The number of sulfonamides is 1. The van der Waals surface area contributed by atoms with Crippen molar-refractivity contribution in [2.24, 2.45) is 5.73 Å². The van der Waals surface area contributed by atoms with Gasteiger partial charge in [-0.3, -0.25) is 4.31 Å². The summed E-state index contributed by atoms with van der Waals surface area (Å²) in [6.07, 6.45) is 0. The molecule has 2 rings (SSSR count). The molecule has 0 fully saturated rings. The minimum Gasteiger partial charge on any atom is -0.389 e. The van der Waals surface area contributed by atoms with Crippen molar-refractivity contribution in [3.63, 3.8) is 0 Å². The van der Waals surface area contributed by atoms with E-state index in [0.717, 1.165) is 10.4 Å². The molecule has 0 spiro atoms. The summed E-state index contributed by atoms with van der Waals surface area (Å²) in [7, 11) is -2.45. The Balaban J connectivity index is 2.46. The van der Waals surface area contributed by atoms with E-state index in [0.29, 0.717) is 5.56 Å². The van der Waals surface area contributed by atoms with Crippen LogP contribution in [0.4, 0.5) is 10.1 Å². The Hall–Kier alpha value is -1.99. The lowest BCUT2D eigenvalue weighted by Gasteiger charge is -2.19. The maximum Gasteiger partial charge on any atom is 0.264 e. The van der Waals surface area contributed by atoms with Gasteiger partial charge in [-0.25, -0.2) is 12.8 Å². The summed E-state index contributed by atoms with van der Waals surface area (Å²) in [5.74, 6) is -0.508. The highest BCUT2D eigenvalue weighted by molar-refractivity contribution is 7.92. The van der Waals surface area contributed by atoms with Crippen LogP contribution in [0.25, 0.3) is 0 Å². The van der Waals surface area contributed by atoms with Crippen LogP contribution in [0.1, 0.15) is 5.56 Å². The minimum absolute atomic E-state index is 0.0413. The first kappa shape index (κ1) is 15.4. The standard InChI is InChI=1S/C14H13FN2O2S2/c1-17(12-6-3-5-11(15)9-12)21(18,19)13-7-2-4-10(8-13)14(16)20/h2-9H,1H3,(H2,16,20). The van der Waals surface area contributed by atoms with Crippen molar-refractivity contribution in [2.45, 2.75) is 4.90 Å². The molecule has 0 radical (unpaired) electrons. The van der Waals surface area contributed by atoms with Crippen molar-refractivity contribution in [3.8, 4) is 0 Å². The minimum atomic E-state index is -3.81. The van der Waals surface area contributed by atoms with E-state index >= 15 is 0 Å². The van der Waals surface area contributed by atoms with E-state index in [-0.39, 0.29) is 15.6 Å². The van der Waals surface area contributed by atoms with Crippen molar-refractivity contribution in [3.05, 3.63) is 59.9 Å². The quantitative estimate of drug-likeness (QED) is 0.877. The zero-order chi connectivity index (χ0) is 15.6. The van der Waals surface area contributed by atoms with Crippen LogP contribution < -0.4 is 10.0 Å². The Morgan fingerprint density at radius 1 is 1.19 bits per heavy atom. The van der Waals surface area contributed by atoms with Gasteiger partial charge in [0.1, 0.15) is 10.8 Å². The van der Waals surface area contributed by atoms with Gasteiger partial charge < -0.3 is 5.73 Å². The van der Waals surface area contributed by atoms with Crippen LogP contribution in [0.3, 0.4) is 0 Å². The number of hydrogen-bond donors (Lipinski definition) is 1. The maximum absolute atomic E-state index is 13.2. The Labute approximate surface area is 128 Å². The average Bonchev–Trinajstić information content (AvgIpc) is 2.46. The molecule has 0 aliphatic rings. The second kappa shape index (κ2) is 5.79. The van der Waals surface area contributed by atoms with Crippen LogP contribution in [-0.4, -0.2) is 20.5 Å². The second-order valence-corrected chi connectivity index (χ2v) is 6.75. The lowest BCUT2D eigenvalue weighted by molar-refractivity contribution is 0.594. The largest absolute Gasteiger partial charge is 0.389 e. The molecule has 0 heterocycles. The molecule has 0 bridgehead atoms. The van der Waals surface area contributed by atoms with Crippen molar-refractivity contribution in [1.29, 1.82) is 0 Å². The number of thiocarbonyl (C=S) groups is 1. The molecule has 110 valence electrons. The van der Waals surface area contributed by atoms with Gasteiger partial charge in [-0.1, -0.05) is 30.4 Å². The van der Waals surface area contributed by atoms with Crippen LogP contribution in [0.2, 0.25) is 0 Å². The topological polar surface area (TPSA) is 63.4 Å². The number of benzene rings is 2. The first-order chi connectivity index (χ1) is 9.82. The number of rotatable bonds is 4. The SMILES string of the molecule is CN(c1cccc(F)c1)S(=O)(=O)c1cccc(C(N)=S)c1. The highest BCUT2D eigenvalue weighted by atomic mass is 32.2. The Bertz CT molecular complexity index is 791. The maximum atomic E-state index is 13.2. The number of hydrogen-bond acceptors (Lipinski definition) is 3. The van der Waals surface area contributed by atoms with E-state index in [9.17, 15) is 12.8 Å². The molecule has 0 atom stereocenters. The van der Waals surface area contributed by atoms with Crippen molar-refractivity contribution < 1.29 is 12.8 Å². The third-order valence-corrected chi connectivity index (χ3v) is 4.97. The van der Waals surface area contributed by atoms with Crippen molar-refractivity contribution in [2.75, 3.05) is 11.4 Å². The molecule has 2 aromatic rings. The van der Waals surface area contributed by atoms with E-state index in [4.69, 9.17) is 18.0 Å². The van der Waals surface area contributed by atoms with E-state index in [1.807, 2.05) is 0 Å². The van der Waals surface area contributed by atoms with Gasteiger partial charge in [0.2, 0.25) is 0 Å². The first-order valence-electron chi connectivity index (χ1n) is 5.97. The van der Waals surface area contributed by atoms with Gasteiger partial charge >= 0.3 is 0 Å². The predicted octanol–water partition coefficient (Wildman–Crippen LogP) is 2.29. The molecule has 0 unspecified atom stereocenters. The number of anilines is 1. The van der Waals surface area contributed by atoms with Gasteiger partial charge in [0.15, 0.2) is 0 Å². The van der Waals surface area contributed by atoms with E-state index in [1.54, 1.807) is 12.1 Å². The Morgan fingerprint density at radius 2 is 1.86 bits per heavy atom. The number of nitrogens with two attached hydrogens (primary N) is 1. The Morgan fingerprint density at radius 3 is 2.48 bits per heavy atom. The molecular formula is C14H13FN2O2S2. The summed E-state index contributed by atoms with van der Waals surface area (Å²) in [5, 5.41) is 0. The predicted molar refractivity (Wildman–Crippen MR) is 84.3 cm³/mol. The Kier molecular flexibility index (Phi) is 4.24. The summed E-state index contributed by atoms with van der Waals surface area (Å²) in [6, 6.07) is 11.4. The summed E-state index contributed by atoms with van der Waals surface area (Å²) in [5.41, 5.74) is 6.20. The zero-order valence-electron chi connectivity index (χ0n) is 11.2. The van der Waals surface area contributed by atoms with Gasteiger partial charge in [0.05, 0.1) is 10.6 Å². The first-order valence-corrected chi connectivity index (χ1v) is 7.81. The van der Waals surface area contributed by atoms with Gasteiger partial charge in [-0.05, 0) is 30.3 Å². The van der Waals surface area contributed by atoms with Crippen molar-refractivity contribution >= 4 is 32.9 Å². The molecule has 0 aromatic heterocycles. The fourth-order valence-electron chi connectivity index (χ4n) is 1.78.